The maximum Gasteiger partial charge on any atom is 0.411 e. The van der Waals surface area contributed by atoms with Crippen LogP contribution < -0.4 is 21.5 Å². The predicted octanol–water partition coefficient (Wildman–Crippen LogP) is 6.75. The van der Waals surface area contributed by atoms with E-state index in [1.54, 1.807) is 12.1 Å². The average Bonchev–Trinajstić information content (AvgIpc) is 4.00. The topological polar surface area (TPSA) is 165 Å². The van der Waals surface area contributed by atoms with Crippen LogP contribution in [0.2, 0.25) is 0 Å². The number of aliphatic hydroxyl groups is 1. The summed E-state index contributed by atoms with van der Waals surface area (Å²) in [6.07, 6.45) is 1.38. The number of hydrogen-bond acceptors (Lipinski definition) is 8. The van der Waals surface area contributed by atoms with E-state index in [0.717, 1.165) is 50.4 Å². The van der Waals surface area contributed by atoms with Crippen molar-refractivity contribution >= 4 is 45.1 Å². The van der Waals surface area contributed by atoms with Crippen molar-refractivity contribution < 1.29 is 33.8 Å². The highest BCUT2D eigenvalue weighted by Gasteiger charge is 2.70. The molecule has 9 rings (SSSR count). The minimum absolute atomic E-state index is 0.0500. The van der Waals surface area contributed by atoms with Crippen LogP contribution in [0.25, 0.3) is 32.8 Å². The third-order valence-electron chi connectivity index (χ3n) is 12.5. The number of piperidine rings is 1. The average molecular weight is 795 g/mol. The third-order valence-corrected chi connectivity index (χ3v) is 12.5. The van der Waals surface area contributed by atoms with Crippen molar-refractivity contribution in [2.75, 3.05) is 31.3 Å². The van der Waals surface area contributed by atoms with E-state index in [9.17, 15) is 24.6 Å². The molecular weight excluding hydrogens is 747 g/mol. The second-order valence-electron chi connectivity index (χ2n) is 16.6. The van der Waals surface area contributed by atoms with Gasteiger partial charge in [-0.15, -0.1) is 0 Å². The first-order chi connectivity index (χ1) is 28.5. The Morgan fingerprint density at radius 2 is 1.61 bits per heavy atom. The van der Waals surface area contributed by atoms with Gasteiger partial charge in [0.2, 0.25) is 11.5 Å². The molecule has 3 aliphatic heterocycles. The van der Waals surface area contributed by atoms with Crippen LogP contribution in [-0.2, 0) is 27.2 Å². The number of carbonyl (C=O) groups excluding carboxylic acids is 2. The van der Waals surface area contributed by atoms with Gasteiger partial charge in [-0.2, -0.15) is 0 Å². The molecule has 302 valence electrons. The molecule has 3 saturated heterocycles. The third kappa shape index (κ3) is 7.92. The van der Waals surface area contributed by atoms with Gasteiger partial charge in [0.1, 0.15) is 36.1 Å². The molecule has 6 N–H and O–H groups in total. The highest BCUT2D eigenvalue weighted by Crippen LogP contribution is 2.51. The number of pyridine rings is 1. The van der Waals surface area contributed by atoms with Gasteiger partial charge in [0, 0.05) is 55.1 Å². The maximum atomic E-state index is 13.4. The maximum absolute atomic E-state index is 13.4. The van der Waals surface area contributed by atoms with E-state index in [1.165, 1.54) is 12.1 Å². The molecule has 3 fully saturated rings. The largest absolute Gasteiger partial charge is 0.506 e. The fraction of sp³-hybridized carbons (Fsp3) is 0.298. The number of phenols is 1. The summed E-state index contributed by atoms with van der Waals surface area (Å²) in [6, 6.07) is 34.5. The first-order valence-electron chi connectivity index (χ1n) is 20.2. The first-order valence-corrected chi connectivity index (χ1v) is 20.2. The zero-order valence-electron chi connectivity index (χ0n) is 33.0. The monoisotopic (exact) mass is 794 g/mol. The molecule has 3 aliphatic rings. The number of phenolic OH excluding ortho intramolecular Hbond substituents is 1. The number of ether oxygens (including phenoxy) is 2. The number of quaternary nitrogens is 1. The van der Waals surface area contributed by atoms with E-state index in [1.807, 2.05) is 78.9 Å². The Kier molecular flexibility index (Phi) is 10.2. The van der Waals surface area contributed by atoms with Crippen LogP contribution in [0, 0.1) is 0 Å². The summed E-state index contributed by atoms with van der Waals surface area (Å²) in [7, 11) is 4.51. The number of hydrogen-bond donors (Lipinski definition) is 6. The zero-order chi connectivity index (χ0) is 40.8. The number of nitrogens with zero attached hydrogens (tertiary/aromatic N) is 1. The number of carbonyl (C=O) groups is 2. The number of H-pyrrole nitrogens is 1. The van der Waals surface area contributed by atoms with Crippen molar-refractivity contribution in [3.05, 3.63) is 136 Å². The van der Waals surface area contributed by atoms with Crippen molar-refractivity contribution in [1.29, 1.82) is 0 Å². The van der Waals surface area contributed by atoms with Crippen LogP contribution >= 0.6 is 0 Å². The van der Waals surface area contributed by atoms with E-state index in [-0.39, 0.29) is 48.5 Å². The first kappa shape index (κ1) is 38.5. The second kappa shape index (κ2) is 15.6. The second-order valence-corrected chi connectivity index (χ2v) is 16.6. The summed E-state index contributed by atoms with van der Waals surface area (Å²) >= 11 is 0. The summed E-state index contributed by atoms with van der Waals surface area (Å²) in [6.45, 7) is 0.777. The number of benzene rings is 5. The van der Waals surface area contributed by atoms with Gasteiger partial charge < -0.3 is 39.8 Å². The summed E-state index contributed by atoms with van der Waals surface area (Å²) < 4.78 is 12.8. The number of anilines is 2. The Morgan fingerprint density at radius 3 is 2.41 bits per heavy atom. The zero-order valence-corrected chi connectivity index (χ0v) is 33.0. The van der Waals surface area contributed by atoms with Gasteiger partial charge in [0.05, 0.1) is 31.4 Å². The van der Waals surface area contributed by atoms with Crippen molar-refractivity contribution in [2.45, 2.75) is 68.7 Å². The fourth-order valence-corrected chi connectivity index (χ4v) is 9.29. The van der Waals surface area contributed by atoms with Gasteiger partial charge in [-0.25, -0.2) is 4.79 Å². The number of aryl methyl sites for hydroxylation is 1. The number of aromatic hydroxyl groups is 1. The Labute approximate surface area is 341 Å². The lowest BCUT2D eigenvalue weighted by Crippen LogP contribution is -2.60. The number of fused-ring (bicyclic) bond motifs is 7. The van der Waals surface area contributed by atoms with E-state index in [4.69, 9.17) is 9.47 Å². The molecule has 1 aromatic heterocycles. The van der Waals surface area contributed by atoms with E-state index < -0.39 is 12.2 Å². The number of nitrogens with one attached hydrogen (secondary N) is 4. The van der Waals surface area contributed by atoms with Crippen molar-refractivity contribution in [3.63, 3.8) is 0 Å². The molecule has 5 aromatic carbocycles. The number of aromatic nitrogens is 1. The van der Waals surface area contributed by atoms with Gasteiger partial charge >= 0.3 is 6.09 Å². The van der Waals surface area contributed by atoms with Gasteiger partial charge in [-0.05, 0) is 75.8 Å². The number of rotatable bonds is 12. The van der Waals surface area contributed by atoms with Crippen LogP contribution in [0.4, 0.5) is 16.2 Å². The quantitative estimate of drug-likeness (QED) is 0.0585. The van der Waals surface area contributed by atoms with Crippen LogP contribution in [0.3, 0.4) is 0 Å². The van der Waals surface area contributed by atoms with Crippen LogP contribution in [0.1, 0.15) is 42.1 Å². The van der Waals surface area contributed by atoms with Crippen LogP contribution in [0.5, 0.6) is 5.75 Å². The Hall–Kier alpha value is -6.05. The van der Waals surface area contributed by atoms with E-state index in [2.05, 4.69) is 41.1 Å². The molecular formula is C47H48N5O7+. The summed E-state index contributed by atoms with van der Waals surface area (Å²) in [5, 5.41) is 33.0. The van der Waals surface area contributed by atoms with E-state index >= 15 is 0 Å². The highest BCUT2D eigenvalue weighted by atomic mass is 16.6. The van der Waals surface area contributed by atoms with Crippen LogP contribution in [0.15, 0.2) is 114 Å². The molecule has 2 amide bonds. The normalized spacial score (nSPS) is 21.8. The molecule has 0 radical (unpaired) electrons. The minimum Gasteiger partial charge on any atom is -0.506 e. The predicted molar refractivity (Wildman–Crippen MR) is 227 cm³/mol. The summed E-state index contributed by atoms with van der Waals surface area (Å²) in [5.74, 6) is -0.168. The number of aliphatic hydroxyl groups excluding tert-OH is 1. The molecule has 12 heteroatoms. The number of epoxide rings is 1. The van der Waals surface area contributed by atoms with Gasteiger partial charge in [-0.3, -0.25) is 14.9 Å². The lowest BCUT2D eigenvalue weighted by molar-refractivity contribution is -0.938. The van der Waals surface area contributed by atoms with Crippen molar-refractivity contribution in [2.24, 2.45) is 0 Å². The van der Waals surface area contributed by atoms with Gasteiger partial charge in [0.15, 0.2) is 0 Å². The number of aromatic amines is 1. The molecule has 0 spiro atoms. The number of amides is 2. The molecule has 0 unspecified atom stereocenters. The standard InChI is InChI=1S/C47H47N5O7/c1-52(2)38-23-33(24-39(52)46-45(38)59-46)58-47(57)50-37-21-27(9-14-34(37)29-6-4-3-5-7-29)10-18-42(55)49-32-13-12-30-20-28(8-11-31(30)22-32)25-48-26-41(54)35-15-17-40(53)44-36(35)16-19-43(56)51-44/h3-9,11-17,19-22,33,38-39,41,45-46,48,54H,10,18,23-26H2,1-2H3,(H3-,49,50,51,53,55,56,57)/p+1/t33-,38-,39+,41-,45-,46+/m0/s1. The molecule has 6 atom stereocenters. The Morgan fingerprint density at radius 1 is 0.864 bits per heavy atom. The lowest BCUT2D eigenvalue weighted by Gasteiger charge is -2.45. The lowest BCUT2D eigenvalue weighted by atomic mass is 9.96. The van der Waals surface area contributed by atoms with Gasteiger partial charge in [-0.1, -0.05) is 66.7 Å². The van der Waals surface area contributed by atoms with Crippen molar-refractivity contribution in [3.8, 4) is 16.9 Å². The molecule has 4 heterocycles. The molecule has 0 aliphatic carbocycles. The highest BCUT2D eigenvalue weighted by molar-refractivity contribution is 5.95. The molecule has 59 heavy (non-hydrogen) atoms. The Balaban J connectivity index is 0.797. The van der Waals surface area contributed by atoms with Crippen molar-refractivity contribution in [1.82, 2.24) is 10.3 Å². The Bertz CT molecular complexity index is 2610. The SMILES string of the molecule is C[N+]1(C)[C@@H]2C[C@@H](OC(=O)Nc3cc(CCC(=O)Nc4ccc5cc(CNC[C@H](O)c6ccc(O)c7[nH]c(=O)ccc67)ccc5c4)ccc3-c3ccccc3)C[C@H]1[C@@H]1O[C@@H]12. The smallest absolute Gasteiger partial charge is 0.411 e. The van der Waals surface area contributed by atoms with E-state index in [0.29, 0.717) is 52.9 Å². The molecule has 6 aromatic rings. The summed E-state index contributed by atoms with van der Waals surface area (Å²) in [5.41, 5.74) is 5.71. The molecule has 0 saturated carbocycles. The molecule has 12 nitrogen and oxygen atoms in total. The van der Waals surface area contributed by atoms with Crippen LogP contribution in [-0.4, -0.2) is 82.7 Å². The number of morpholine rings is 1. The fourth-order valence-electron chi connectivity index (χ4n) is 9.29. The summed E-state index contributed by atoms with van der Waals surface area (Å²) in [4.78, 5) is 40.9. The molecule has 2 bridgehead atoms. The minimum atomic E-state index is -0.859. The number of likely N-dealkylation sites (N-methyl/N-ethyl adjacent to an activating group) is 1. The van der Waals surface area contributed by atoms with Gasteiger partial charge in [0.25, 0.3) is 0 Å².